The predicted octanol–water partition coefficient (Wildman–Crippen LogP) is 2.55. The zero-order valence-corrected chi connectivity index (χ0v) is 11.4. The molecule has 98 valence electrons. The number of hydrogen-bond donors (Lipinski definition) is 1. The van der Waals surface area contributed by atoms with Crippen LogP contribution in [0.15, 0.2) is 30.3 Å². The highest BCUT2D eigenvalue weighted by atomic mass is 16.2. The van der Waals surface area contributed by atoms with E-state index in [0.29, 0.717) is 5.92 Å². The fourth-order valence-electron chi connectivity index (χ4n) is 2.51. The molecule has 3 heteroatoms. The molecule has 1 aromatic carbocycles. The van der Waals surface area contributed by atoms with E-state index in [1.165, 1.54) is 0 Å². The maximum atomic E-state index is 12.5. The van der Waals surface area contributed by atoms with Crippen molar-refractivity contribution >= 4 is 5.91 Å². The minimum absolute atomic E-state index is 0.171. The molecule has 0 aromatic heterocycles. The van der Waals surface area contributed by atoms with E-state index in [1.807, 2.05) is 35.2 Å². The van der Waals surface area contributed by atoms with Crippen LogP contribution in [0.5, 0.6) is 0 Å². The zero-order valence-electron chi connectivity index (χ0n) is 11.4. The smallest absolute Gasteiger partial charge is 0.245 e. The van der Waals surface area contributed by atoms with Gasteiger partial charge < -0.3 is 4.90 Å². The molecule has 0 spiro atoms. The molecule has 1 fully saturated rings. The highest BCUT2D eigenvalue weighted by molar-refractivity contribution is 5.85. The van der Waals surface area contributed by atoms with Crippen molar-refractivity contribution in [2.24, 2.45) is 5.92 Å². The van der Waals surface area contributed by atoms with E-state index >= 15 is 0 Å². The maximum Gasteiger partial charge on any atom is 0.245 e. The molecule has 1 N–H and O–H groups in total. The SMILES string of the molecule is CCC1NC(c2ccccc2)C(=O)N1CC(C)C. The third kappa shape index (κ3) is 2.56. The van der Waals surface area contributed by atoms with Gasteiger partial charge in [-0.3, -0.25) is 10.1 Å². The van der Waals surface area contributed by atoms with Crippen LogP contribution in [-0.2, 0) is 4.79 Å². The first-order valence-corrected chi connectivity index (χ1v) is 6.75. The molecule has 0 saturated carbocycles. The van der Waals surface area contributed by atoms with Crippen molar-refractivity contribution in [2.45, 2.75) is 39.4 Å². The Morgan fingerprint density at radius 3 is 2.50 bits per heavy atom. The van der Waals surface area contributed by atoms with Gasteiger partial charge in [0, 0.05) is 6.54 Å². The summed E-state index contributed by atoms with van der Waals surface area (Å²) >= 11 is 0. The number of rotatable bonds is 4. The number of hydrogen-bond acceptors (Lipinski definition) is 2. The van der Waals surface area contributed by atoms with Crippen molar-refractivity contribution in [1.29, 1.82) is 0 Å². The molecule has 18 heavy (non-hydrogen) atoms. The first-order chi connectivity index (χ1) is 8.63. The van der Waals surface area contributed by atoms with Gasteiger partial charge >= 0.3 is 0 Å². The van der Waals surface area contributed by atoms with Crippen molar-refractivity contribution in [3.63, 3.8) is 0 Å². The second-order valence-electron chi connectivity index (χ2n) is 5.32. The molecule has 1 saturated heterocycles. The lowest BCUT2D eigenvalue weighted by Gasteiger charge is -2.24. The van der Waals surface area contributed by atoms with Gasteiger partial charge in [-0.1, -0.05) is 51.1 Å². The summed E-state index contributed by atoms with van der Waals surface area (Å²) in [5.41, 5.74) is 1.06. The van der Waals surface area contributed by atoms with Gasteiger partial charge in [-0.25, -0.2) is 0 Å². The molecular weight excluding hydrogens is 224 g/mol. The van der Waals surface area contributed by atoms with Crippen molar-refractivity contribution in [3.05, 3.63) is 35.9 Å². The third-order valence-electron chi connectivity index (χ3n) is 3.35. The van der Waals surface area contributed by atoms with Gasteiger partial charge in [0.2, 0.25) is 5.91 Å². The van der Waals surface area contributed by atoms with Crippen LogP contribution in [0.25, 0.3) is 0 Å². The quantitative estimate of drug-likeness (QED) is 0.885. The standard InChI is InChI=1S/C15H22N2O/c1-4-13-16-14(12-8-6-5-7-9-12)15(18)17(13)10-11(2)3/h5-9,11,13-14,16H,4,10H2,1-3H3. The van der Waals surface area contributed by atoms with E-state index in [4.69, 9.17) is 0 Å². The Morgan fingerprint density at radius 2 is 1.94 bits per heavy atom. The van der Waals surface area contributed by atoms with Gasteiger partial charge in [0.15, 0.2) is 0 Å². The number of benzene rings is 1. The normalized spacial score (nSPS) is 24.0. The lowest BCUT2D eigenvalue weighted by Crippen LogP contribution is -2.39. The second kappa shape index (κ2) is 5.53. The summed E-state index contributed by atoms with van der Waals surface area (Å²) in [5.74, 6) is 0.709. The molecule has 1 aliphatic heterocycles. The Kier molecular flexibility index (Phi) is 4.02. The molecule has 2 rings (SSSR count). The lowest BCUT2D eigenvalue weighted by molar-refractivity contribution is -0.130. The number of nitrogens with zero attached hydrogens (tertiary/aromatic N) is 1. The highest BCUT2D eigenvalue weighted by Crippen LogP contribution is 2.25. The summed E-state index contributed by atoms with van der Waals surface area (Å²) in [5, 5.41) is 3.44. The zero-order chi connectivity index (χ0) is 13.1. The van der Waals surface area contributed by atoms with Crippen molar-refractivity contribution < 1.29 is 4.79 Å². The molecule has 1 aromatic rings. The van der Waals surface area contributed by atoms with Crippen LogP contribution in [0, 0.1) is 5.92 Å². The van der Waals surface area contributed by atoms with E-state index < -0.39 is 0 Å². The topological polar surface area (TPSA) is 32.3 Å². The molecule has 1 heterocycles. The largest absolute Gasteiger partial charge is 0.325 e. The van der Waals surface area contributed by atoms with E-state index in [-0.39, 0.29) is 18.1 Å². The van der Waals surface area contributed by atoms with Gasteiger partial charge in [0.25, 0.3) is 0 Å². The summed E-state index contributed by atoms with van der Waals surface area (Å²) in [6.07, 6.45) is 1.12. The van der Waals surface area contributed by atoms with Crippen LogP contribution in [0.1, 0.15) is 38.8 Å². The molecular formula is C15H22N2O. The Morgan fingerprint density at radius 1 is 1.28 bits per heavy atom. The van der Waals surface area contributed by atoms with Crippen LogP contribution < -0.4 is 5.32 Å². The van der Waals surface area contributed by atoms with Gasteiger partial charge in [0.05, 0.1) is 6.17 Å². The van der Waals surface area contributed by atoms with E-state index in [2.05, 4.69) is 26.1 Å². The summed E-state index contributed by atoms with van der Waals surface area (Å²) in [4.78, 5) is 14.5. The number of nitrogens with one attached hydrogen (secondary N) is 1. The number of carbonyl (C=O) groups excluding carboxylic acids is 1. The highest BCUT2D eigenvalue weighted by Gasteiger charge is 2.38. The van der Waals surface area contributed by atoms with Gasteiger partial charge in [-0.05, 0) is 17.9 Å². The molecule has 0 bridgehead atoms. The van der Waals surface area contributed by atoms with E-state index in [9.17, 15) is 4.79 Å². The van der Waals surface area contributed by atoms with Gasteiger partial charge in [-0.2, -0.15) is 0 Å². The van der Waals surface area contributed by atoms with Gasteiger partial charge in [0.1, 0.15) is 6.04 Å². The minimum atomic E-state index is -0.171. The predicted molar refractivity (Wildman–Crippen MR) is 72.9 cm³/mol. The first kappa shape index (κ1) is 13.1. The first-order valence-electron chi connectivity index (χ1n) is 6.75. The van der Waals surface area contributed by atoms with Crippen LogP contribution in [-0.4, -0.2) is 23.5 Å². The van der Waals surface area contributed by atoms with Crippen molar-refractivity contribution in [2.75, 3.05) is 6.54 Å². The summed E-state index contributed by atoms with van der Waals surface area (Å²) < 4.78 is 0. The Bertz CT molecular complexity index is 402. The minimum Gasteiger partial charge on any atom is -0.325 e. The average molecular weight is 246 g/mol. The number of amides is 1. The fraction of sp³-hybridized carbons (Fsp3) is 0.533. The Balaban J connectivity index is 2.19. The van der Waals surface area contributed by atoms with Crippen molar-refractivity contribution in [3.8, 4) is 0 Å². The maximum absolute atomic E-state index is 12.5. The molecule has 2 unspecified atom stereocenters. The molecule has 2 atom stereocenters. The van der Waals surface area contributed by atoms with E-state index in [0.717, 1.165) is 18.5 Å². The average Bonchev–Trinajstić information content (AvgIpc) is 2.67. The van der Waals surface area contributed by atoms with Crippen LogP contribution in [0.4, 0.5) is 0 Å². The second-order valence-corrected chi connectivity index (χ2v) is 5.32. The summed E-state index contributed by atoms with van der Waals surface area (Å²) in [6, 6.07) is 9.80. The third-order valence-corrected chi connectivity index (χ3v) is 3.35. The van der Waals surface area contributed by atoms with Crippen molar-refractivity contribution in [1.82, 2.24) is 10.2 Å². The summed E-state index contributed by atoms with van der Waals surface area (Å²) in [7, 11) is 0. The lowest BCUT2D eigenvalue weighted by atomic mass is 10.1. The molecule has 0 aliphatic carbocycles. The Hall–Kier alpha value is -1.35. The molecule has 1 aliphatic rings. The van der Waals surface area contributed by atoms with E-state index in [1.54, 1.807) is 0 Å². The number of carbonyl (C=O) groups is 1. The van der Waals surface area contributed by atoms with Crippen LogP contribution in [0.2, 0.25) is 0 Å². The van der Waals surface area contributed by atoms with Crippen LogP contribution >= 0.6 is 0 Å². The molecule has 0 radical (unpaired) electrons. The summed E-state index contributed by atoms with van der Waals surface area (Å²) in [6.45, 7) is 7.24. The molecule has 3 nitrogen and oxygen atoms in total. The van der Waals surface area contributed by atoms with Gasteiger partial charge in [-0.15, -0.1) is 0 Å². The van der Waals surface area contributed by atoms with Crippen LogP contribution in [0.3, 0.4) is 0 Å². The fourth-order valence-corrected chi connectivity index (χ4v) is 2.51. The Labute approximate surface area is 109 Å². The molecule has 1 amide bonds. The monoisotopic (exact) mass is 246 g/mol.